The molecule has 2 aromatic carbocycles. The van der Waals surface area contributed by atoms with E-state index in [1.807, 2.05) is 60.7 Å². The number of ether oxygens (including phenoxy) is 7. The van der Waals surface area contributed by atoms with Crippen molar-refractivity contribution < 1.29 is 53.3 Å². The Morgan fingerprint density at radius 3 is 2.26 bits per heavy atom. The van der Waals surface area contributed by atoms with E-state index in [2.05, 4.69) is 0 Å². The van der Waals surface area contributed by atoms with Crippen LogP contribution in [0.5, 0.6) is 0 Å². The molecule has 3 fully saturated rings. The molecule has 3 saturated heterocycles. The highest BCUT2D eigenvalue weighted by atomic mass is 16.8. The van der Waals surface area contributed by atoms with Gasteiger partial charge >= 0.3 is 5.97 Å². The minimum absolute atomic E-state index is 0.119. The van der Waals surface area contributed by atoms with Crippen LogP contribution in [0, 0.1) is 0 Å². The molecule has 0 radical (unpaired) electrons. The van der Waals surface area contributed by atoms with E-state index in [4.69, 9.17) is 33.2 Å². The molecule has 0 spiro atoms. The van der Waals surface area contributed by atoms with Crippen molar-refractivity contribution in [3.63, 3.8) is 0 Å². The van der Waals surface area contributed by atoms with Crippen LogP contribution in [0.1, 0.15) is 31.3 Å². The summed E-state index contributed by atoms with van der Waals surface area (Å²) in [6.07, 6.45) is -12.1. The van der Waals surface area contributed by atoms with E-state index in [1.165, 1.54) is 6.92 Å². The van der Waals surface area contributed by atoms with Crippen molar-refractivity contribution in [2.45, 2.75) is 88.2 Å². The van der Waals surface area contributed by atoms with Crippen LogP contribution in [0.15, 0.2) is 60.7 Å². The zero-order valence-corrected chi connectivity index (χ0v) is 21.6. The lowest BCUT2D eigenvalue weighted by Gasteiger charge is -2.50. The Hall–Kier alpha value is -2.45. The van der Waals surface area contributed by atoms with Crippen molar-refractivity contribution in [1.82, 2.24) is 0 Å². The Balaban J connectivity index is 1.43. The molecule has 212 valence electrons. The number of hydrogen-bond acceptors (Lipinski definition) is 11. The average molecular weight is 547 g/mol. The number of aliphatic hydroxyl groups excluding tert-OH is 3. The van der Waals surface area contributed by atoms with Gasteiger partial charge in [0, 0.05) is 12.5 Å². The third-order valence-electron chi connectivity index (χ3n) is 7.01. The molecule has 11 heteroatoms. The minimum Gasteiger partial charge on any atom is -0.454 e. The van der Waals surface area contributed by atoms with Crippen LogP contribution >= 0.6 is 0 Å². The first-order valence-electron chi connectivity index (χ1n) is 13.0. The summed E-state index contributed by atoms with van der Waals surface area (Å²) in [4.78, 5) is 12.2. The van der Waals surface area contributed by atoms with Gasteiger partial charge in [0.1, 0.15) is 36.6 Å². The first-order valence-corrected chi connectivity index (χ1v) is 13.0. The summed E-state index contributed by atoms with van der Waals surface area (Å²) in [5.41, 5.74) is 1.64. The fourth-order valence-corrected chi connectivity index (χ4v) is 4.97. The molecule has 0 aromatic heterocycles. The topological polar surface area (TPSA) is 142 Å². The summed E-state index contributed by atoms with van der Waals surface area (Å²) in [5, 5.41) is 31.2. The minimum atomic E-state index is -1.58. The van der Waals surface area contributed by atoms with Crippen molar-refractivity contribution in [3.05, 3.63) is 71.8 Å². The summed E-state index contributed by atoms with van der Waals surface area (Å²) < 4.78 is 42.1. The maximum atomic E-state index is 12.2. The van der Waals surface area contributed by atoms with Gasteiger partial charge in [-0.05, 0) is 12.5 Å². The third-order valence-corrected chi connectivity index (χ3v) is 7.01. The highest BCUT2D eigenvalue weighted by Crippen LogP contribution is 2.38. The monoisotopic (exact) mass is 546 g/mol. The molecule has 5 rings (SSSR count). The number of aliphatic hydroxyl groups is 3. The van der Waals surface area contributed by atoms with E-state index in [9.17, 15) is 20.1 Å². The van der Waals surface area contributed by atoms with Gasteiger partial charge in [-0.15, -0.1) is 0 Å². The zero-order chi connectivity index (χ0) is 27.5. The number of benzene rings is 2. The Morgan fingerprint density at radius 2 is 1.56 bits per heavy atom. The van der Waals surface area contributed by atoms with E-state index in [1.54, 1.807) is 6.92 Å². The van der Waals surface area contributed by atoms with Crippen molar-refractivity contribution in [2.75, 3.05) is 6.61 Å². The van der Waals surface area contributed by atoms with E-state index in [0.29, 0.717) is 0 Å². The molecule has 0 saturated carbocycles. The van der Waals surface area contributed by atoms with Gasteiger partial charge in [-0.25, -0.2) is 0 Å². The number of carbonyl (C=O) groups excluding carboxylic acids is 1. The lowest BCUT2D eigenvalue weighted by Crippen LogP contribution is -2.66. The van der Waals surface area contributed by atoms with Crippen LogP contribution in [-0.4, -0.2) is 89.3 Å². The molecule has 11 nitrogen and oxygen atoms in total. The van der Waals surface area contributed by atoms with Crippen LogP contribution in [0.2, 0.25) is 0 Å². The molecule has 0 bridgehead atoms. The summed E-state index contributed by atoms with van der Waals surface area (Å²) in [7, 11) is 0. The highest BCUT2D eigenvalue weighted by molar-refractivity contribution is 5.66. The maximum absolute atomic E-state index is 12.2. The van der Waals surface area contributed by atoms with E-state index < -0.39 is 73.7 Å². The summed E-state index contributed by atoms with van der Waals surface area (Å²) >= 11 is 0. The van der Waals surface area contributed by atoms with Crippen LogP contribution in [0.3, 0.4) is 0 Å². The number of rotatable bonds is 7. The van der Waals surface area contributed by atoms with Gasteiger partial charge in [-0.3, -0.25) is 4.79 Å². The molecule has 39 heavy (non-hydrogen) atoms. The second-order valence-electron chi connectivity index (χ2n) is 9.87. The Bertz CT molecular complexity index is 1070. The molecule has 0 aliphatic carbocycles. The molecule has 3 aliphatic rings. The summed E-state index contributed by atoms with van der Waals surface area (Å²) in [5.74, 6) is -0.607. The molecule has 3 N–H and O–H groups in total. The Labute approximate surface area is 226 Å². The normalized spacial score (nSPS) is 38.5. The lowest BCUT2D eigenvalue weighted by atomic mass is 9.96. The first-order chi connectivity index (χ1) is 18.8. The van der Waals surface area contributed by atoms with Gasteiger partial charge in [-0.2, -0.15) is 0 Å². The van der Waals surface area contributed by atoms with Crippen LogP contribution < -0.4 is 0 Å². The van der Waals surface area contributed by atoms with Crippen LogP contribution in [0.4, 0.5) is 0 Å². The van der Waals surface area contributed by atoms with Gasteiger partial charge in [0.05, 0.1) is 19.3 Å². The van der Waals surface area contributed by atoms with E-state index in [0.717, 1.165) is 11.1 Å². The first kappa shape index (κ1) is 28.1. The molecular weight excluding hydrogens is 512 g/mol. The Kier molecular flexibility index (Phi) is 8.92. The highest BCUT2D eigenvalue weighted by Gasteiger charge is 2.55. The quantitative estimate of drug-likeness (QED) is 0.431. The number of fused-ring (bicyclic) bond motifs is 1. The number of carbonyl (C=O) groups is 1. The van der Waals surface area contributed by atoms with E-state index >= 15 is 0 Å². The van der Waals surface area contributed by atoms with E-state index in [-0.39, 0.29) is 13.2 Å². The van der Waals surface area contributed by atoms with Gasteiger partial charge in [0.2, 0.25) is 0 Å². The predicted octanol–water partition coefficient (Wildman–Crippen LogP) is 1.19. The van der Waals surface area contributed by atoms with Crippen LogP contribution in [-0.2, 0) is 44.6 Å². The Morgan fingerprint density at radius 1 is 0.872 bits per heavy atom. The van der Waals surface area contributed by atoms with Gasteiger partial charge < -0.3 is 48.5 Å². The molecule has 0 amide bonds. The van der Waals surface area contributed by atoms with Gasteiger partial charge in [0.25, 0.3) is 0 Å². The average Bonchev–Trinajstić information content (AvgIpc) is 2.95. The molecule has 3 aliphatic heterocycles. The summed E-state index contributed by atoms with van der Waals surface area (Å²) in [6.45, 7) is 3.08. The molecule has 11 atom stereocenters. The molecule has 3 heterocycles. The van der Waals surface area contributed by atoms with Crippen molar-refractivity contribution in [3.8, 4) is 0 Å². The smallest absolute Gasteiger partial charge is 0.303 e. The SMILES string of the molecule is CC(=O)OC1C(OCc2ccccc2)OC2COC(c3ccccc3)OC2C1OC1OC(C)C(O)C(O)C1O. The standard InChI is InChI=1S/C28H34O11/c1-15-20(30)21(31)22(32)27(35-15)39-24-23-19(14-34-26(38-23)18-11-7-4-8-12-18)37-28(25(24)36-16(2)29)33-13-17-9-5-3-6-10-17/h3-12,15,19-28,30-32H,13-14H2,1-2H3. The number of hydrogen-bond donors (Lipinski definition) is 3. The summed E-state index contributed by atoms with van der Waals surface area (Å²) in [6, 6.07) is 18.7. The third kappa shape index (κ3) is 6.32. The van der Waals surface area contributed by atoms with Crippen LogP contribution in [0.25, 0.3) is 0 Å². The van der Waals surface area contributed by atoms with Gasteiger partial charge in [-0.1, -0.05) is 60.7 Å². The lowest BCUT2D eigenvalue weighted by molar-refractivity contribution is -0.392. The second kappa shape index (κ2) is 12.4. The fourth-order valence-electron chi connectivity index (χ4n) is 4.97. The van der Waals surface area contributed by atoms with Crippen molar-refractivity contribution >= 4 is 5.97 Å². The van der Waals surface area contributed by atoms with Crippen molar-refractivity contribution in [2.24, 2.45) is 0 Å². The largest absolute Gasteiger partial charge is 0.454 e. The predicted molar refractivity (Wildman–Crippen MR) is 133 cm³/mol. The molecule has 2 aromatic rings. The van der Waals surface area contributed by atoms with Gasteiger partial charge in [0.15, 0.2) is 25.0 Å². The fraction of sp³-hybridized carbons (Fsp3) is 0.536. The van der Waals surface area contributed by atoms with Crippen molar-refractivity contribution in [1.29, 1.82) is 0 Å². The zero-order valence-electron chi connectivity index (χ0n) is 21.6. The molecular formula is C28H34O11. The molecule has 11 unspecified atom stereocenters. The second-order valence-corrected chi connectivity index (χ2v) is 9.87. The number of esters is 1. The maximum Gasteiger partial charge on any atom is 0.303 e.